The van der Waals surface area contributed by atoms with Gasteiger partial charge in [0, 0.05) is 19.6 Å². The van der Waals surface area contributed by atoms with E-state index in [1.807, 2.05) is 7.05 Å². The van der Waals surface area contributed by atoms with Gasteiger partial charge in [0.15, 0.2) is 0 Å². The number of likely N-dealkylation sites (N-methyl/N-ethyl adjacent to an activating group) is 2. The Balaban J connectivity index is 2.27. The predicted molar refractivity (Wildman–Crippen MR) is 81.3 cm³/mol. The van der Waals surface area contributed by atoms with Gasteiger partial charge in [0.1, 0.15) is 10.7 Å². The average molecular weight is 336 g/mol. The first-order valence-corrected chi connectivity index (χ1v) is 8.46. The zero-order valence-electron chi connectivity index (χ0n) is 12.0. The van der Waals surface area contributed by atoms with E-state index in [0.717, 1.165) is 31.5 Å². The van der Waals surface area contributed by atoms with Crippen molar-refractivity contribution in [1.29, 1.82) is 0 Å². The van der Waals surface area contributed by atoms with Crippen LogP contribution in [0.15, 0.2) is 17.0 Å². The molecule has 1 fully saturated rings. The lowest BCUT2D eigenvalue weighted by Crippen LogP contribution is -2.39. The molecule has 2 rings (SSSR count). The van der Waals surface area contributed by atoms with Crippen molar-refractivity contribution in [3.05, 3.63) is 23.0 Å². The molecule has 1 heterocycles. The lowest BCUT2D eigenvalue weighted by atomic mass is 10.2. The Morgan fingerprint density at radius 2 is 2.19 bits per heavy atom. The van der Waals surface area contributed by atoms with Crippen molar-refractivity contribution in [1.82, 2.24) is 9.21 Å². The van der Waals surface area contributed by atoms with Crippen LogP contribution in [0.1, 0.15) is 12.8 Å². The molecule has 2 N–H and O–H groups in total. The molecular weight excluding hydrogens is 317 g/mol. The van der Waals surface area contributed by atoms with Gasteiger partial charge in [0.05, 0.1) is 10.7 Å². The number of nitrogens with zero attached hydrogens (tertiary/aromatic N) is 2. The molecule has 118 valence electrons. The number of hydrogen-bond donors (Lipinski definition) is 1. The van der Waals surface area contributed by atoms with E-state index in [-0.39, 0.29) is 21.6 Å². The van der Waals surface area contributed by atoms with Crippen LogP contribution in [0.3, 0.4) is 0 Å². The molecule has 1 aromatic rings. The van der Waals surface area contributed by atoms with Crippen LogP contribution in [-0.4, -0.2) is 50.8 Å². The molecule has 0 aromatic heterocycles. The summed E-state index contributed by atoms with van der Waals surface area (Å²) in [5.74, 6) is -0.725. The molecule has 0 spiro atoms. The molecule has 0 radical (unpaired) electrons. The second kappa shape index (κ2) is 6.08. The van der Waals surface area contributed by atoms with Crippen molar-refractivity contribution >= 4 is 27.3 Å². The maximum Gasteiger partial charge on any atom is 0.244 e. The van der Waals surface area contributed by atoms with E-state index in [1.165, 1.54) is 11.4 Å². The van der Waals surface area contributed by atoms with Crippen molar-refractivity contribution in [2.24, 2.45) is 0 Å². The zero-order chi connectivity index (χ0) is 15.8. The minimum atomic E-state index is -3.79. The van der Waals surface area contributed by atoms with Crippen molar-refractivity contribution in [2.75, 3.05) is 32.9 Å². The molecule has 5 nitrogen and oxygen atoms in total. The number of anilines is 1. The van der Waals surface area contributed by atoms with Crippen LogP contribution in [0, 0.1) is 5.82 Å². The number of rotatable bonds is 4. The maximum absolute atomic E-state index is 13.3. The number of likely N-dealkylation sites (tertiary alicyclic amines) is 1. The van der Waals surface area contributed by atoms with Crippen LogP contribution in [0.2, 0.25) is 5.02 Å². The Morgan fingerprint density at radius 1 is 1.52 bits per heavy atom. The van der Waals surface area contributed by atoms with Crippen LogP contribution in [0.4, 0.5) is 10.1 Å². The Bertz CT molecular complexity index is 639. The second-order valence-corrected chi connectivity index (χ2v) is 7.79. The highest BCUT2D eigenvalue weighted by molar-refractivity contribution is 7.89. The molecule has 21 heavy (non-hydrogen) atoms. The number of nitrogen functional groups attached to an aromatic ring is 1. The first-order chi connectivity index (χ1) is 9.73. The summed E-state index contributed by atoms with van der Waals surface area (Å²) in [4.78, 5) is 1.97. The second-order valence-electron chi connectivity index (χ2n) is 5.37. The summed E-state index contributed by atoms with van der Waals surface area (Å²) in [5, 5.41) is -0.159. The average Bonchev–Trinajstić information content (AvgIpc) is 2.79. The highest BCUT2D eigenvalue weighted by Crippen LogP contribution is 2.29. The minimum Gasteiger partial charge on any atom is -0.396 e. The molecule has 0 bridgehead atoms. The summed E-state index contributed by atoms with van der Waals surface area (Å²) in [7, 11) is -0.321. The fraction of sp³-hybridized carbons (Fsp3) is 0.538. The van der Waals surface area contributed by atoms with Gasteiger partial charge >= 0.3 is 0 Å². The molecule has 0 saturated carbocycles. The van der Waals surface area contributed by atoms with E-state index < -0.39 is 15.8 Å². The first kappa shape index (κ1) is 16.5. The van der Waals surface area contributed by atoms with Gasteiger partial charge in [-0.2, -0.15) is 4.31 Å². The van der Waals surface area contributed by atoms with Gasteiger partial charge in [-0.25, -0.2) is 12.8 Å². The summed E-state index contributed by atoms with van der Waals surface area (Å²) in [5.41, 5.74) is 5.22. The largest absolute Gasteiger partial charge is 0.396 e. The molecule has 1 aliphatic rings. The predicted octanol–water partition coefficient (Wildman–Crippen LogP) is 1.78. The number of benzene rings is 1. The van der Waals surface area contributed by atoms with Gasteiger partial charge in [0.2, 0.25) is 10.0 Å². The SMILES string of the molecule is CN1CCCC1CN(C)S(=O)(=O)c1cc(N)c(F)cc1Cl. The topological polar surface area (TPSA) is 66.6 Å². The van der Waals surface area contributed by atoms with Gasteiger partial charge in [-0.15, -0.1) is 0 Å². The normalized spacial score (nSPS) is 20.3. The monoisotopic (exact) mass is 335 g/mol. The van der Waals surface area contributed by atoms with E-state index in [0.29, 0.717) is 6.54 Å². The molecule has 1 saturated heterocycles. The van der Waals surface area contributed by atoms with Crippen LogP contribution in [0.25, 0.3) is 0 Å². The molecule has 8 heteroatoms. The molecule has 1 aromatic carbocycles. The third-order valence-corrected chi connectivity index (χ3v) is 6.17. The minimum absolute atomic E-state index is 0.159. The molecule has 1 aliphatic heterocycles. The smallest absolute Gasteiger partial charge is 0.244 e. The number of sulfonamides is 1. The molecular formula is C13H19ClFN3O2S. The summed E-state index contributed by atoms with van der Waals surface area (Å²) in [6.07, 6.45) is 2.01. The Morgan fingerprint density at radius 3 is 2.76 bits per heavy atom. The first-order valence-electron chi connectivity index (χ1n) is 6.64. The van der Waals surface area contributed by atoms with Crippen LogP contribution in [0.5, 0.6) is 0 Å². The highest BCUT2D eigenvalue weighted by Gasteiger charge is 2.30. The van der Waals surface area contributed by atoms with E-state index in [2.05, 4.69) is 4.90 Å². The van der Waals surface area contributed by atoms with E-state index in [9.17, 15) is 12.8 Å². The fourth-order valence-electron chi connectivity index (χ4n) is 2.52. The molecule has 0 amide bonds. The summed E-state index contributed by atoms with van der Waals surface area (Å²) in [6, 6.07) is 2.18. The summed E-state index contributed by atoms with van der Waals surface area (Å²) >= 11 is 5.86. The van der Waals surface area contributed by atoms with Gasteiger partial charge in [-0.05, 0) is 38.6 Å². The van der Waals surface area contributed by atoms with E-state index in [1.54, 1.807) is 0 Å². The van der Waals surface area contributed by atoms with Crippen molar-refractivity contribution < 1.29 is 12.8 Å². The van der Waals surface area contributed by atoms with E-state index >= 15 is 0 Å². The van der Waals surface area contributed by atoms with Gasteiger partial charge in [-0.1, -0.05) is 11.6 Å². The molecule has 0 aliphatic carbocycles. The third kappa shape index (κ3) is 3.31. The van der Waals surface area contributed by atoms with Crippen LogP contribution in [-0.2, 0) is 10.0 Å². The van der Waals surface area contributed by atoms with E-state index in [4.69, 9.17) is 17.3 Å². The number of nitrogens with two attached hydrogens (primary N) is 1. The van der Waals surface area contributed by atoms with Crippen LogP contribution >= 0.6 is 11.6 Å². The third-order valence-electron chi connectivity index (χ3n) is 3.88. The number of halogens is 2. The van der Waals surface area contributed by atoms with Gasteiger partial charge in [0.25, 0.3) is 0 Å². The fourth-order valence-corrected chi connectivity index (χ4v) is 4.24. The maximum atomic E-state index is 13.3. The Labute approximate surface area is 129 Å². The van der Waals surface area contributed by atoms with Crippen LogP contribution < -0.4 is 5.73 Å². The van der Waals surface area contributed by atoms with Gasteiger partial charge < -0.3 is 10.6 Å². The summed E-state index contributed by atoms with van der Waals surface area (Å²) in [6.45, 7) is 1.33. The standard InChI is InChI=1S/C13H19ClFN3O2S/c1-17-5-3-4-9(17)8-18(2)21(19,20)13-7-12(16)11(15)6-10(13)14/h6-7,9H,3-5,8,16H2,1-2H3. The molecule has 1 atom stereocenters. The van der Waals surface area contributed by atoms with Crippen molar-refractivity contribution in [3.63, 3.8) is 0 Å². The highest BCUT2D eigenvalue weighted by atomic mass is 35.5. The Kier molecular flexibility index (Phi) is 4.77. The van der Waals surface area contributed by atoms with Crippen molar-refractivity contribution in [3.8, 4) is 0 Å². The lowest BCUT2D eigenvalue weighted by Gasteiger charge is -2.25. The van der Waals surface area contributed by atoms with Gasteiger partial charge in [-0.3, -0.25) is 0 Å². The Hall–Kier alpha value is -0.890. The number of hydrogen-bond acceptors (Lipinski definition) is 4. The quantitative estimate of drug-likeness (QED) is 0.852. The lowest BCUT2D eigenvalue weighted by molar-refractivity contribution is 0.271. The molecule has 1 unspecified atom stereocenters. The van der Waals surface area contributed by atoms with Crippen molar-refractivity contribution in [2.45, 2.75) is 23.8 Å². The zero-order valence-corrected chi connectivity index (χ0v) is 13.6. The summed E-state index contributed by atoms with van der Waals surface area (Å²) < 4.78 is 39.7.